The number of aromatic nitrogens is 1. The summed E-state index contributed by atoms with van der Waals surface area (Å²) in [6, 6.07) is 11.1. The Labute approximate surface area is 210 Å². The number of alkyl halides is 1. The van der Waals surface area contributed by atoms with Crippen molar-refractivity contribution in [1.29, 1.82) is 0 Å². The number of H-pyrrole nitrogens is 1. The summed E-state index contributed by atoms with van der Waals surface area (Å²) in [5.74, 6) is -0.131. The first-order valence-corrected chi connectivity index (χ1v) is 13.2. The molecule has 3 aromatic rings. The van der Waals surface area contributed by atoms with E-state index in [0.29, 0.717) is 38.2 Å². The number of nitrogens with zero attached hydrogens (tertiary/aromatic N) is 2. The molecule has 1 aromatic heterocycles. The number of likely N-dealkylation sites (tertiary alicyclic amines) is 1. The molecule has 0 radical (unpaired) electrons. The summed E-state index contributed by atoms with van der Waals surface area (Å²) < 4.78 is 48.9. The normalized spacial score (nSPS) is 23.1. The van der Waals surface area contributed by atoms with E-state index < -0.39 is 11.6 Å². The van der Waals surface area contributed by atoms with Crippen LogP contribution in [0.5, 0.6) is 5.75 Å². The Morgan fingerprint density at radius 3 is 2.53 bits per heavy atom. The number of fused-ring (bicyclic) bond motifs is 3. The van der Waals surface area contributed by atoms with Gasteiger partial charge in [0.25, 0.3) is 0 Å². The molecule has 2 fully saturated rings. The van der Waals surface area contributed by atoms with Crippen LogP contribution in [0.1, 0.15) is 42.6 Å². The zero-order chi connectivity index (χ0) is 24.8. The summed E-state index contributed by atoms with van der Waals surface area (Å²) in [6.45, 7) is 5.28. The summed E-state index contributed by atoms with van der Waals surface area (Å²) in [5.41, 5.74) is 3.56. The van der Waals surface area contributed by atoms with Crippen molar-refractivity contribution in [3.63, 3.8) is 0 Å². The molecule has 3 heterocycles. The number of para-hydroxylation sites is 1. The van der Waals surface area contributed by atoms with E-state index in [1.165, 1.54) is 35.9 Å². The summed E-state index contributed by atoms with van der Waals surface area (Å²) in [5, 5.41) is 1.21. The second kappa shape index (κ2) is 9.75. The summed E-state index contributed by atoms with van der Waals surface area (Å²) in [7, 11) is 0. The molecule has 0 spiro atoms. The molecule has 2 atom stereocenters. The van der Waals surface area contributed by atoms with Crippen LogP contribution in [0.3, 0.4) is 0 Å². The number of halogens is 3. The van der Waals surface area contributed by atoms with Crippen molar-refractivity contribution in [2.24, 2.45) is 11.8 Å². The van der Waals surface area contributed by atoms with Crippen molar-refractivity contribution < 1.29 is 17.9 Å². The summed E-state index contributed by atoms with van der Waals surface area (Å²) in [6.07, 6.45) is 3.67. The maximum atomic E-state index is 15.3. The first kappa shape index (κ1) is 23.9. The first-order valence-electron chi connectivity index (χ1n) is 13.2. The lowest BCUT2D eigenvalue weighted by Crippen LogP contribution is -2.49. The van der Waals surface area contributed by atoms with Crippen LogP contribution in [0.2, 0.25) is 0 Å². The van der Waals surface area contributed by atoms with E-state index in [9.17, 15) is 4.39 Å². The molecule has 1 aliphatic carbocycles. The van der Waals surface area contributed by atoms with Crippen molar-refractivity contribution in [3.05, 3.63) is 64.9 Å². The smallest absolute Gasteiger partial charge is 0.133 e. The number of ether oxygens (including phenoxy) is 1. The van der Waals surface area contributed by atoms with E-state index in [2.05, 4.69) is 33.8 Å². The molecule has 1 N–H and O–H groups in total. The Balaban J connectivity index is 1.23. The molecule has 1 saturated heterocycles. The molecule has 6 rings (SSSR count). The van der Waals surface area contributed by atoms with Gasteiger partial charge in [-0.25, -0.2) is 8.78 Å². The Bertz CT molecular complexity index is 1210. The van der Waals surface area contributed by atoms with Crippen LogP contribution >= 0.6 is 0 Å². The third-order valence-electron chi connectivity index (χ3n) is 8.25. The zero-order valence-electron chi connectivity index (χ0n) is 20.8. The second-order valence-electron chi connectivity index (χ2n) is 11.0. The fourth-order valence-electron chi connectivity index (χ4n) is 6.04. The van der Waals surface area contributed by atoms with Crippen molar-refractivity contribution in [3.8, 4) is 5.75 Å². The average Bonchev–Trinajstić information content (AvgIpc) is 3.58. The van der Waals surface area contributed by atoms with Gasteiger partial charge in [0.05, 0.1) is 12.7 Å². The molecule has 3 aliphatic rings. The van der Waals surface area contributed by atoms with E-state index in [-0.39, 0.29) is 36.4 Å². The molecule has 7 heteroatoms. The fraction of sp³-hybridized carbons (Fsp3) is 0.517. The maximum absolute atomic E-state index is 15.3. The molecule has 36 heavy (non-hydrogen) atoms. The highest BCUT2D eigenvalue weighted by atomic mass is 19.1. The van der Waals surface area contributed by atoms with Crippen LogP contribution in [0.15, 0.2) is 36.4 Å². The van der Waals surface area contributed by atoms with E-state index in [4.69, 9.17) is 4.74 Å². The predicted molar refractivity (Wildman–Crippen MR) is 135 cm³/mol. The van der Waals surface area contributed by atoms with Gasteiger partial charge in [0, 0.05) is 72.4 Å². The third-order valence-corrected chi connectivity index (χ3v) is 8.25. The lowest BCUT2D eigenvalue weighted by atomic mass is 9.88. The Kier molecular flexibility index (Phi) is 6.46. The first-order chi connectivity index (χ1) is 17.5. The number of hydrogen-bond donors (Lipinski definition) is 1. The van der Waals surface area contributed by atoms with Crippen molar-refractivity contribution in [1.82, 2.24) is 14.8 Å². The van der Waals surface area contributed by atoms with E-state index in [1.54, 1.807) is 0 Å². The fourth-order valence-corrected chi connectivity index (χ4v) is 6.04. The monoisotopic (exact) mass is 497 g/mol. The van der Waals surface area contributed by atoms with Crippen LogP contribution in [0.25, 0.3) is 10.9 Å². The second-order valence-corrected chi connectivity index (χ2v) is 11.0. The molecule has 0 bridgehead atoms. The molecule has 0 amide bonds. The van der Waals surface area contributed by atoms with E-state index in [0.717, 1.165) is 24.2 Å². The standard InChI is InChI=1S/C29H34F3N3O/c1-18-10-23-22-4-2-3-5-27(22)33-29(23)28(35(18)17-19-6-7-19)13-24-25(31)11-21(12-26(24)32)36-9-8-34-15-20(14-30)16-34/h2-5,11-12,18-20,28,33H,6-10,13-17H2,1H3/t18-,28-/m1/s1. The van der Waals surface area contributed by atoms with E-state index >= 15 is 8.78 Å². The Hall–Kier alpha value is -2.51. The predicted octanol–water partition coefficient (Wildman–Crippen LogP) is 5.67. The molecule has 2 aliphatic heterocycles. The van der Waals surface area contributed by atoms with Crippen LogP contribution < -0.4 is 4.74 Å². The topological polar surface area (TPSA) is 31.5 Å². The SMILES string of the molecule is C[C@@H]1Cc2c([nH]c3ccccc23)[C@@H](Cc2c(F)cc(OCCN3CC(CF)C3)cc2F)N1CC1CC1. The largest absolute Gasteiger partial charge is 0.492 e. The molecular weight excluding hydrogens is 463 g/mol. The van der Waals surface area contributed by atoms with Crippen LogP contribution in [0, 0.1) is 23.5 Å². The third kappa shape index (κ3) is 4.63. The van der Waals surface area contributed by atoms with Gasteiger partial charge in [-0.2, -0.15) is 0 Å². The minimum absolute atomic E-state index is 0.109. The molecule has 192 valence electrons. The van der Waals surface area contributed by atoms with Crippen LogP contribution in [-0.4, -0.2) is 60.3 Å². The maximum Gasteiger partial charge on any atom is 0.133 e. The lowest BCUT2D eigenvalue weighted by Gasteiger charge is -2.41. The van der Waals surface area contributed by atoms with Crippen molar-refractivity contribution >= 4 is 10.9 Å². The quantitative estimate of drug-likeness (QED) is 0.414. The number of benzene rings is 2. The van der Waals surface area contributed by atoms with Crippen LogP contribution in [0.4, 0.5) is 13.2 Å². The van der Waals surface area contributed by atoms with Gasteiger partial charge in [0.15, 0.2) is 0 Å². The Morgan fingerprint density at radius 1 is 1.06 bits per heavy atom. The highest BCUT2D eigenvalue weighted by Gasteiger charge is 2.38. The molecule has 2 aromatic carbocycles. The van der Waals surface area contributed by atoms with Gasteiger partial charge in [-0.15, -0.1) is 0 Å². The number of aromatic amines is 1. The highest BCUT2D eigenvalue weighted by molar-refractivity contribution is 5.85. The molecule has 0 unspecified atom stereocenters. The molecule has 1 saturated carbocycles. The van der Waals surface area contributed by atoms with Gasteiger partial charge in [-0.05, 0) is 50.2 Å². The minimum atomic E-state index is -0.561. The van der Waals surface area contributed by atoms with Crippen LogP contribution in [-0.2, 0) is 12.8 Å². The van der Waals surface area contributed by atoms with Gasteiger partial charge in [-0.1, -0.05) is 18.2 Å². The average molecular weight is 498 g/mol. The highest BCUT2D eigenvalue weighted by Crippen LogP contribution is 2.42. The molecule has 4 nitrogen and oxygen atoms in total. The zero-order valence-corrected chi connectivity index (χ0v) is 20.8. The Morgan fingerprint density at radius 2 is 1.81 bits per heavy atom. The van der Waals surface area contributed by atoms with Crippen molar-refractivity contribution in [2.75, 3.05) is 39.5 Å². The summed E-state index contributed by atoms with van der Waals surface area (Å²) in [4.78, 5) is 8.14. The summed E-state index contributed by atoms with van der Waals surface area (Å²) >= 11 is 0. The van der Waals surface area contributed by atoms with Crippen molar-refractivity contribution in [2.45, 2.75) is 44.7 Å². The van der Waals surface area contributed by atoms with Gasteiger partial charge in [0.1, 0.15) is 24.0 Å². The minimum Gasteiger partial charge on any atom is -0.492 e. The van der Waals surface area contributed by atoms with E-state index in [1.807, 2.05) is 12.1 Å². The van der Waals surface area contributed by atoms with Gasteiger partial charge in [0.2, 0.25) is 0 Å². The number of nitrogens with one attached hydrogen (secondary N) is 1. The number of rotatable bonds is 9. The van der Waals surface area contributed by atoms with Gasteiger partial charge < -0.3 is 9.72 Å². The lowest BCUT2D eigenvalue weighted by molar-refractivity contribution is 0.0667. The molecular formula is C29H34F3N3O. The number of hydrogen-bond acceptors (Lipinski definition) is 3. The van der Waals surface area contributed by atoms with Gasteiger partial charge >= 0.3 is 0 Å². The van der Waals surface area contributed by atoms with Gasteiger partial charge in [-0.3, -0.25) is 14.2 Å².